The first-order chi connectivity index (χ1) is 11.8. The SMILES string of the molecule is O=C(NCCNC(=O)C(F)(F)F)C1CC(=O)N(Cc2ccccc2)C1. The van der Waals surface area contributed by atoms with Gasteiger partial charge in [0.2, 0.25) is 11.8 Å². The van der Waals surface area contributed by atoms with Crippen molar-refractivity contribution in [2.24, 2.45) is 5.92 Å². The van der Waals surface area contributed by atoms with Crippen molar-refractivity contribution in [1.29, 1.82) is 0 Å². The summed E-state index contributed by atoms with van der Waals surface area (Å²) in [6.45, 7) is 0.197. The molecule has 2 N–H and O–H groups in total. The highest BCUT2D eigenvalue weighted by molar-refractivity contribution is 5.89. The van der Waals surface area contributed by atoms with E-state index in [0.717, 1.165) is 5.56 Å². The molecule has 0 aromatic heterocycles. The molecule has 1 aliphatic heterocycles. The first kappa shape index (κ1) is 18.8. The maximum atomic E-state index is 12.0. The first-order valence-corrected chi connectivity index (χ1v) is 7.72. The molecule has 3 amide bonds. The minimum atomic E-state index is -4.94. The number of hydrogen-bond donors (Lipinski definition) is 2. The minimum absolute atomic E-state index is 0.0631. The van der Waals surface area contributed by atoms with Crippen molar-refractivity contribution in [3.63, 3.8) is 0 Å². The van der Waals surface area contributed by atoms with Crippen LogP contribution < -0.4 is 10.6 Å². The van der Waals surface area contributed by atoms with Crippen LogP contribution in [0.15, 0.2) is 30.3 Å². The van der Waals surface area contributed by atoms with Crippen LogP contribution in [-0.2, 0) is 20.9 Å². The highest BCUT2D eigenvalue weighted by Gasteiger charge is 2.38. The van der Waals surface area contributed by atoms with Crippen molar-refractivity contribution >= 4 is 17.7 Å². The lowest BCUT2D eigenvalue weighted by Gasteiger charge is -2.16. The second-order valence-corrected chi connectivity index (χ2v) is 5.71. The van der Waals surface area contributed by atoms with Crippen LogP contribution in [0.2, 0.25) is 0 Å². The Hall–Kier alpha value is -2.58. The molecular formula is C16H18F3N3O3. The van der Waals surface area contributed by atoms with E-state index in [2.05, 4.69) is 5.32 Å². The maximum absolute atomic E-state index is 12.0. The molecule has 25 heavy (non-hydrogen) atoms. The zero-order chi connectivity index (χ0) is 18.4. The van der Waals surface area contributed by atoms with Crippen LogP contribution in [0.25, 0.3) is 0 Å². The van der Waals surface area contributed by atoms with E-state index < -0.39 is 23.9 Å². The van der Waals surface area contributed by atoms with Crippen LogP contribution in [0.3, 0.4) is 0 Å². The zero-order valence-electron chi connectivity index (χ0n) is 13.3. The average Bonchev–Trinajstić information content (AvgIpc) is 2.92. The highest BCUT2D eigenvalue weighted by atomic mass is 19.4. The third-order valence-electron chi connectivity index (χ3n) is 3.77. The summed E-state index contributed by atoms with van der Waals surface area (Å²) in [4.78, 5) is 36.2. The smallest absolute Gasteiger partial charge is 0.354 e. The topological polar surface area (TPSA) is 78.5 Å². The number of amides is 3. The Morgan fingerprint density at radius 3 is 2.40 bits per heavy atom. The molecule has 1 atom stereocenters. The van der Waals surface area contributed by atoms with E-state index >= 15 is 0 Å². The highest BCUT2D eigenvalue weighted by Crippen LogP contribution is 2.20. The molecule has 0 radical (unpaired) electrons. The fourth-order valence-electron chi connectivity index (χ4n) is 2.51. The number of carbonyl (C=O) groups excluding carboxylic acids is 3. The lowest BCUT2D eigenvalue weighted by Crippen LogP contribution is -2.42. The molecule has 1 aromatic rings. The quantitative estimate of drug-likeness (QED) is 0.741. The largest absolute Gasteiger partial charge is 0.471 e. The molecule has 9 heteroatoms. The molecular weight excluding hydrogens is 339 g/mol. The van der Waals surface area contributed by atoms with Crippen molar-refractivity contribution in [2.75, 3.05) is 19.6 Å². The van der Waals surface area contributed by atoms with Gasteiger partial charge in [0.15, 0.2) is 0 Å². The zero-order valence-corrected chi connectivity index (χ0v) is 13.3. The Morgan fingerprint density at radius 1 is 1.12 bits per heavy atom. The Balaban J connectivity index is 1.74. The van der Waals surface area contributed by atoms with Gasteiger partial charge < -0.3 is 15.5 Å². The summed E-state index contributed by atoms with van der Waals surface area (Å²) in [7, 11) is 0. The van der Waals surface area contributed by atoms with E-state index in [4.69, 9.17) is 0 Å². The summed E-state index contributed by atoms with van der Waals surface area (Å²) in [5.74, 6) is -3.15. The van der Waals surface area contributed by atoms with E-state index in [-0.39, 0.29) is 32.0 Å². The van der Waals surface area contributed by atoms with Crippen LogP contribution in [-0.4, -0.2) is 48.4 Å². The molecule has 2 rings (SSSR count). The number of carbonyl (C=O) groups is 3. The number of likely N-dealkylation sites (tertiary alicyclic amines) is 1. The second kappa shape index (κ2) is 8.00. The molecule has 1 aromatic carbocycles. The normalized spacial score (nSPS) is 17.5. The second-order valence-electron chi connectivity index (χ2n) is 5.71. The van der Waals surface area contributed by atoms with Gasteiger partial charge in [-0.15, -0.1) is 0 Å². The summed E-state index contributed by atoms with van der Waals surface area (Å²) in [6, 6.07) is 9.34. The number of rotatable bonds is 6. The van der Waals surface area contributed by atoms with Crippen LogP contribution >= 0.6 is 0 Å². The molecule has 0 aliphatic carbocycles. The number of nitrogens with zero attached hydrogens (tertiary/aromatic N) is 1. The Kier molecular flexibility index (Phi) is 6.00. The van der Waals surface area contributed by atoms with Gasteiger partial charge in [-0.1, -0.05) is 30.3 Å². The molecule has 6 nitrogen and oxygen atoms in total. The minimum Gasteiger partial charge on any atom is -0.354 e. The average molecular weight is 357 g/mol. The number of alkyl halides is 3. The molecule has 0 bridgehead atoms. The van der Waals surface area contributed by atoms with Gasteiger partial charge in [0, 0.05) is 32.6 Å². The summed E-state index contributed by atoms with van der Waals surface area (Å²) >= 11 is 0. The van der Waals surface area contributed by atoms with E-state index in [0.29, 0.717) is 6.54 Å². The van der Waals surface area contributed by atoms with Crippen molar-refractivity contribution in [1.82, 2.24) is 15.5 Å². The van der Waals surface area contributed by atoms with E-state index in [1.54, 1.807) is 10.2 Å². The van der Waals surface area contributed by atoms with Crippen LogP contribution in [0.1, 0.15) is 12.0 Å². The van der Waals surface area contributed by atoms with Crippen LogP contribution in [0.4, 0.5) is 13.2 Å². The number of halogens is 3. The van der Waals surface area contributed by atoms with Crippen molar-refractivity contribution in [3.05, 3.63) is 35.9 Å². The van der Waals surface area contributed by atoms with Crippen molar-refractivity contribution < 1.29 is 27.6 Å². The van der Waals surface area contributed by atoms with E-state index in [9.17, 15) is 27.6 Å². The predicted molar refractivity (Wildman–Crippen MR) is 82.0 cm³/mol. The summed E-state index contributed by atoms with van der Waals surface area (Å²) in [5.41, 5.74) is 0.951. The van der Waals surface area contributed by atoms with Gasteiger partial charge in [0.05, 0.1) is 5.92 Å². The van der Waals surface area contributed by atoms with Crippen molar-refractivity contribution in [2.45, 2.75) is 19.1 Å². The molecule has 1 unspecified atom stereocenters. The number of hydrogen-bond acceptors (Lipinski definition) is 3. The summed E-state index contributed by atoms with van der Waals surface area (Å²) in [5, 5.41) is 4.10. The molecule has 1 saturated heterocycles. The number of benzene rings is 1. The fraction of sp³-hybridized carbons (Fsp3) is 0.438. The predicted octanol–water partition coefficient (Wildman–Crippen LogP) is 0.830. The molecule has 1 aliphatic rings. The van der Waals surface area contributed by atoms with Crippen LogP contribution in [0, 0.1) is 5.92 Å². The van der Waals surface area contributed by atoms with Gasteiger partial charge in [-0.2, -0.15) is 13.2 Å². The third kappa shape index (κ3) is 5.47. The Bertz CT molecular complexity index is 635. The lowest BCUT2D eigenvalue weighted by atomic mass is 10.1. The Morgan fingerprint density at radius 2 is 1.76 bits per heavy atom. The Labute approximate surface area is 142 Å². The monoisotopic (exact) mass is 357 g/mol. The number of nitrogens with one attached hydrogen (secondary N) is 2. The van der Waals surface area contributed by atoms with Gasteiger partial charge in [-0.25, -0.2) is 0 Å². The molecule has 1 heterocycles. The third-order valence-corrected chi connectivity index (χ3v) is 3.77. The van der Waals surface area contributed by atoms with Crippen LogP contribution in [0.5, 0.6) is 0 Å². The molecule has 136 valence electrons. The first-order valence-electron chi connectivity index (χ1n) is 7.72. The van der Waals surface area contributed by atoms with E-state index in [1.165, 1.54) is 0 Å². The van der Waals surface area contributed by atoms with E-state index in [1.807, 2.05) is 30.3 Å². The molecule has 0 saturated carbocycles. The van der Waals surface area contributed by atoms with Gasteiger partial charge >= 0.3 is 12.1 Å². The fourth-order valence-corrected chi connectivity index (χ4v) is 2.51. The summed E-state index contributed by atoms with van der Waals surface area (Å²) in [6.07, 6.45) is -4.88. The summed E-state index contributed by atoms with van der Waals surface area (Å²) < 4.78 is 36.0. The van der Waals surface area contributed by atoms with Crippen molar-refractivity contribution in [3.8, 4) is 0 Å². The van der Waals surface area contributed by atoms with Gasteiger partial charge in [0.25, 0.3) is 0 Å². The van der Waals surface area contributed by atoms with Gasteiger partial charge in [-0.3, -0.25) is 14.4 Å². The lowest BCUT2D eigenvalue weighted by molar-refractivity contribution is -0.173. The van der Waals surface area contributed by atoms with Gasteiger partial charge in [0.1, 0.15) is 0 Å². The standard InChI is InChI=1S/C16H18F3N3O3/c17-16(18,19)15(25)21-7-6-20-14(24)12-8-13(23)22(10-12)9-11-4-2-1-3-5-11/h1-5,12H,6-10H2,(H,20,24)(H,21,25). The molecule has 1 fully saturated rings. The maximum Gasteiger partial charge on any atom is 0.471 e. The van der Waals surface area contributed by atoms with Gasteiger partial charge in [-0.05, 0) is 5.56 Å². The molecule has 0 spiro atoms.